The van der Waals surface area contributed by atoms with Gasteiger partial charge in [0.1, 0.15) is 0 Å². The summed E-state index contributed by atoms with van der Waals surface area (Å²) in [6.07, 6.45) is 0. The number of benzene rings is 1. The van der Waals surface area contributed by atoms with E-state index in [0.29, 0.717) is 0 Å². The van der Waals surface area contributed by atoms with Crippen LogP contribution in [-0.4, -0.2) is 30.5 Å². The zero-order valence-corrected chi connectivity index (χ0v) is 9.78. The van der Waals surface area contributed by atoms with Gasteiger partial charge >= 0.3 is 63.9 Å². The zero-order chi connectivity index (χ0) is 10.9. The van der Waals surface area contributed by atoms with Crippen LogP contribution in [0.4, 0.5) is 0 Å². The molecule has 0 radical (unpaired) electrons. The zero-order valence-electron chi connectivity index (χ0n) is 8.63. The Kier molecular flexibility index (Phi) is 11.4. The maximum atomic E-state index is 8.25. The summed E-state index contributed by atoms with van der Waals surface area (Å²) < 4.78 is 1.30. The fourth-order valence-corrected chi connectivity index (χ4v) is 1.11. The summed E-state index contributed by atoms with van der Waals surface area (Å²) >= 11 is 2.72. The molecular weight excluding hydrogens is 179 g/mol. The van der Waals surface area contributed by atoms with Gasteiger partial charge in [0.25, 0.3) is 0 Å². The average Bonchev–Trinajstić information content (AvgIpc) is 2.20. The Hall–Kier alpha value is -0.328. The first kappa shape index (κ1) is 15.2. The second-order valence-electron chi connectivity index (χ2n) is 2.29. The third-order valence-electron chi connectivity index (χ3n) is 1.65. The Labute approximate surface area is 88.7 Å². The van der Waals surface area contributed by atoms with Crippen LogP contribution in [-0.2, 0) is 0 Å². The van der Waals surface area contributed by atoms with Gasteiger partial charge in [0.2, 0.25) is 0 Å². The van der Waals surface area contributed by atoms with Crippen molar-refractivity contribution in [2.75, 3.05) is 14.2 Å². The van der Waals surface area contributed by atoms with Crippen molar-refractivity contribution >= 4 is 20.7 Å². The fourth-order valence-electron chi connectivity index (χ4n) is 0.774. The maximum absolute atomic E-state index is 8.25. The predicted octanol–water partition coefficient (Wildman–Crippen LogP) is -0.950. The third-order valence-corrected chi connectivity index (χ3v) is 2.27. The molecule has 0 heterocycles. The van der Waals surface area contributed by atoms with E-state index in [2.05, 4.69) is 48.3 Å². The molecule has 0 atom stereocenters. The first-order valence-electron chi connectivity index (χ1n) is 3.85. The normalized spacial score (nSPS) is 7.69. The van der Waals surface area contributed by atoms with E-state index in [9.17, 15) is 0 Å². The van der Waals surface area contributed by atoms with Gasteiger partial charge in [-0.05, 0) is 0 Å². The van der Waals surface area contributed by atoms with Gasteiger partial charge in [-0.3, -0.25) is 0 Å². The quantitative estimate of drug-likeness (QED) is 0.500. The minimum absolute atomic E-state index is 0.750. The van der Waals surface area contributed by atoms with Gasteiger partial charge in [0.05, 0.1) is 0 Å². The molecule has 0 saturated carbocycles. The van der Waals surface area contributed by atoms with E-state index in [4.69, 9.17) is 10.2 Å². The number of hydrogen-bond acceptors (Lipinski definition) is 2. The average molecular weight is 194 g/mol. The summed E-state index contributed by atoms with van der Waals surface area (Å²) in [6.45, 7) is 4.26. The van der Waals surface area contributed by atoms with Gasteiger partial charge in [0, 0.05) is 0 Å². The van der Waals surface area contributed by atoms with Crippen LogP contribution in [0.3, 0.4) is 0 Å². The molecule has 1 rings (SSSR count). The van der Waals surface area contributed by atoms with Gasteiger partial charge in [0.15, 0.2) is 0 Å². The van der Waals surface area contributed by atoms with E-state index >= 15 is 0 Å². The molecule has 0 amide bonds. The number of rotatable bonds is 0. The van der Waals surface area contributed by atoms with Crippen molar-refractivity contribution < 1.29 is 10.2 Å². The predicted molar refractivity (Wildman–Crippen MR) is 53.2 cm³/mol. The third kappa shape index (κ3) is 5.84. The standard InChI is InChI=1S/C8H9.2CH3O.Al/c1-7-5-3-4-6-8(7)2;2*1-2;/h3-5H,1-2H3;2*1H3;/q;2*-1;+2. The Morgan fingerprint density at radius 1 is 1.00 bits per heavy atom. The molecule has 70 valence electrons. The number of hydrogen-bond donors (Lipinski definition) is 0. The first-order valence-corrected chi connectivity index (χ1v) is 4.43. The summed E-state index contributed by atoms with van der Waals surface area (Å²) in [4.78, 5) is 0. The van der Waals surface area contributed by atoms with Gasteiger partial charge in [-0.25, -0.2) is 0 Å². The van der Waals surface area contributed by atoms with Crippen molar-refractivity contribution in [2.24, 2.45) is 0 Å². The molecule has 0 bridgehead atoms. The van der Waals surface area contributed by atoms with Gasteiger partial charge < -0.3 is 10.2 Å². The summed E-state index contributed by atoms with van der Waals surface area (Å²) in [5, 5.41) is 16.5. The van der Waals surface area contributed by atoms with E-state index in [1.807, 2.05) is 0 Å². The van der Waals surface area contributed by atoms with Crippen LogP contribution in [0.1, 0.15) is 11.1 Å². The molecular formula is C10H15AlO2. The van der Waals surface area contributed by atoms with Crippen molar-refractivity contribution in [2.45, 2.75) is 13.8 Å². The Morgan fingerprint density at radius 2 is 1.46 bits per heavy atom. The minimum atomic E-state index is 0.750. The Bertz CT molecular complexity index is 204. The molecule has 0 N–H and O–H groups in total. The second kappa shape index (κ2) is 9.76. The van der Waals surface area contributed by atoms with Gasteiger partial charge in [-0.1, -0.05) is 0 Å². The van der Waals surface area contributed by atoms with E-state index in [0.717, 1.165) is 14.2 Å². The SMILES string of the molecule is C[O-].C[O-].Cc1ccc[c]([Al+2])c1C. The van der Waals surface area contributed by atoms with Crippen molar-refractivity contribution in [1.29, 1.82) is 0 Å². The molecule has 13 heavy (non-hydrogen) atoms. The van der Waals surface area contributed by atoms with Crippen LogP contribution in [0.25, 0.3) is 0 Å². The molecule has 0 aliphatic heterocycles. The summed E-state index contributed by atoms with van der Waals surface area (Å²) in [5.41, 5.74) is 2.74. The van der Waals surface area contributed by atoms with Crippen molar-refractivity contribution in [3.8, 4) is 0 Å². The van der Waals surface area contributed by atoms with E-state index in [1.165, 1.54) is 15.6 Å². The molecule has 0 fully saturated rings. The van der Waals surface area contributed by atoms with Crippen LogP contribution in [0.2, 0.25) is 0 Å². The van der Waals surface area contributed by atoms with Crippen LogP contribution in [0.15, 0.2) is 18.2 Å². The molecule has 3 heteroatoms. The van der Waals surface area contributed by atoms with Crippen molar-refractivity contribution in [3.63, 3.8) is 0 Å². The molecule has 0 aromatic heterocycles. The molecule has 1 aromatic rings. The molecule has 0 saturated heterocycles. The van der Waals surface area contributed by atoms with E-state index in [1.54, 1.807) is 0 Å². The fraction of sp³-hybridized carbons (Fsp3) is 0.400. The monoisotopic (exact) mass is 194 g/mol. The molecule has 0 spiro atoms. The first-order chi connectivity index (χ1) is 6.22. The van der Waals surface area contributed by atoms with Crippen LogP contribution in [0, 0.1) is 13.8 Å². The molecule has 0 aliphatic carbocycles. The van der Waals surface area contributed by atoms with Crippen LogP contribution in [0.5, 0.6) is 0 Å². The number of aryl methyl sites for hydroxylation is 1. The van der Waals surface area contributed by atoms with Gasteiger partial charge in [-0.15, -0.1) is 0 Å². The van der Waals surface area contributed by atoms with Crippen LogP contribution >= 0.6 is 0 Å². The summed E-state index contributed by atoms with van der Waals surface area (Å²) in [7, 11) is 1.50. The molecule has 2 nitrogen and oxygen atoms in total. The second-order valence-corrected chi connectivity index (χ2v) is 2.91. The van der Waals surface area contributed by atoms with E-state index < -0.39 is 0 Å². The molecule has 1 aromatic carbocycles. The molecule has 0 unspecified atom stereocenters. The topological polar surface area (TPSA) is 46.1 Å². The van der Waals surface area contributed by atoms with Crippen molar-refractivity contribution in [1.82, 2.24) is 0 Å². The Morgan fingerprint density at radius 3 is 1.77 bits per heavy atom. The Balaban J connectivity index is 0. The van der Waals surface area contributed by atoms with Crippen molar-refractivity contribution in [3.05, 3.63) is 29.3 Å². The van der Waals surface area contributed by atoms with Crippen LogP contribution < -0.4 is 14.6 Å². The van der Waals surface area contributed by atoms with Gasteiger partial charge in [-0.2, -0.15) is 14.2 Å². The van der Waals surface area contributed by atoms with E-state index in [-0.39, 0.29) is 0 Å². The molecule has 0 aliphatic rings. The summed E-state index contributed by atoms with van der Waals surface area (Å²) in [5.74, 6) is 0. The summed E-state index contributed by atoms with van der Waals surface area (Å²) in [6, 6.07) is 6.31.